The lowest BCUT2D eigenvalue weighted by Gasteiger charge is -2.21. The van der Waals surface area contributed by atoms with Gasteiger partial charge in [0.15, 0.2) is 0 Å². The topological polar surface area (TPSA) is 32.3 Å². The fourth-order valence-electron chi connectivity index (χ4n) is 1.54. The Kier molecular flexibility index (Phi) is 5.29. The molecule has 0 aromatic carbocycles. The van der Waals surface area contributed by atoms with Gasteiger partial charge in [0.2, 0.25) is 0 Å². The van der Waals surface area contributed by atoms with Crippen molar-refractivity contribution in [1.29, 1.82) is 0 Å². The van der Waals surface area contributed by atoms with Gasteiger partial charge in [0.05, 0.1) is 6.61 Å². The van der Waals surface area contributed by atoms with Crippen LogP contribution in [-0.4, -0.2) is 17.8 Å². The average molecular weight is 227 g/mol. The molecule has 2 unspecified atom stereocenters. The van der Waals surface area contributed by atoms with E-state index in [2.05, 4.69) is 38.2 Å². The van der Waals surface area contributed by atoms with E-state index in [0.717, 1.165) is 13.0 Å². The Bertz CT molecular complexity index is 285. The number of hydrogen-bond acceptors (Lipinski definition) is 3. The summed E-state index contributed by atoms with van der Waals surface area (Å²) in [5.74, 6) is 0.524. The van der Waals surface area contributed by atoms with E-state index in [4.69, 9.17) is 0 Å². The number of rotatable bonds is 6. The molecule has 86 valence electrons. The van der Waals surface area contributed by atoms with Gasteiger partial charge in [-0.2, -0.15) is 0 Å². The summed E-state index contributed by atoms with van der Waals surface area (Å²) in [7, 11) is 0. The van der Waals surface area contributed by atoms with Crippen LogP contribution < -0.4 is 5.32 Å². The molecule has 1 rings (SSSR count). The highest BCUT2D eigenvalue weighted by molar-refractivity contribution is 7.11. The second-order valence-corrected chi connectivity index (χ2v) is 5.44. The van der Waals surface area contributed by atoms with E-state index in [-0.39, 0.29) is 12.6 Å². The summed E-state index contributed by atoms with van der Waals surface area (Å²) >= 11 is 1.82. The Labute approximate surface area is 96.3 Å². The Balaban J connectivity index is 2.40. The summed E-state index contributed by atoms with van der Waals surface area (Å²) in [5, 5.41) is 12.7. The predicted molar refractivity (Wildman–Crippen MR) is 66.2 cm³/mol. The third-order valence-corrected chi connectivity index (χ3v) is 3.86. The number of hydrogen-bond donors (Lipinski definition) is 2. The summed E-state index contributed by atoms with van der Waals surface area (Å²) in [5.41, 5.74) is 0. The van der Waals surface area contributed by atoms with Crippen molar-refractivity contribution in [2.45, 2.75) is 39.8 Å². The first-order valence-electron chi connectivity index (χ1n) is 5.57. The van der Waals surface area contributed by atoms with Crippen LogP contribution in [-0.2, 0) is 6.54 Å². The molecule has 1 aromatic heterocycles. The molecule has 15 heavy (non-hydrogen) atoms. The van der Waals surface area contributed by atoms with Crippen LogP contribution in [0.1, 0.15) is 30.0 Å². The van der Waals surface area contributed by atoms with E-state index >= 15 is 0 Å². The van der Waals surface area contributed by atoms with Gasteiger partial charge in [0, 0.05) is 22.3 Å². The van der Waals surface area contributed by atoms with Crippen LogP contribution >= 0.6 is 11.3 Å². The number of aliphatic hydroxyl groups excluding tert-OH is 1. The molecule has 0 spiro atoms. The normalized spacial score (nSPS) is 15.2. The highest BCUT2D eigenvalue weighted by Gasteiger charge is 2.13. The third-order valence-electron chi connectivity index (χ3n) is 2.86. The van der Waals surface area contributed by atoms with Crippen molar-refractivity contribution in [2.24, 2.45) is 5.92 Å². The average Bonchev–Trinajstić information content (AvgIpc) is 2.64. The molecular formula is C12H21NOS. The molecule has 0 aliphatic carbocycles. The molecular weight excluding hydrogens is 206 g/mol. The second kappa shape index (κ2) is 6.26. The smallest absolute Gasteiger partial charge is 0.0587 e. The highest BCUT2D eigenvalue weighted by atomic mass is 32.1. The molecule has 1 heterocycles. The number of aryl methyl sites for hydroxylation is 1. The molecule has 0 saturated carbocycles. The van der Waals surface area contributed by atoms with Crippen molar-refractivity contribution in [3.05, 3.63) is 21.9 Å². The van der Waals surface area contributed by atoms with Gasteiger partial charge in [-0.05, 0) is 25.0 Å². The summed E-state index contributed by atoms with van der Waals surface area (Å²) in [6, 6.07) is 4.51. The number of aliphatic hydroxyl groups is 1. The summed E-state index contributed by atoms with van der Waals surface area (Å²) in [4.78, 5) is 2.69. The Morgan fingerprint density at radius 2 is 2.20 bits per heavy atom. The van der Waals surface area contributed by atoms with Gasteiger partial charge in [0.1, 0.15) is 0 Å². The fourth-order valence-corrected chi connectivity index (χ4v) is 2.38. The van der Waals surface area contributed by atoms with Crippen molar-refractivity contribution in [1.82, 2.24) is 5.32 Å². The monoisotopic (exact) mass is 227 g/mol. The van der Waals surface area contributed by atoms with Crippen molar-refractivity contribution < 1.29 is 5.11 Å². The molecule has 0 bridgehead atoms. The maximum atomic E-state index is 9.25. The largest absolute Gasteiger partial charge is 0.395 e. The Morgan fingerprint density at radius 3 is 2.67 bits per heavy atom. The van der Waals surface area contributed by atoms with Crippen LogP contribution in [0, 0.1) is 12.8 Å². The molecule has 1 aromatic rings. The highest BCUT2D eigenvalue weighted by Crippen LogP contribution is 2.15. The minimum absolute atomic E-state index is 0.220. The van der Waals surface area contributed by atoms with E-state index in [0.29, 0.717) is 5.92 Å². The first-order valence-corrected chi connectivity index (χ1v) is 6.38. The van der Waals surface area contributed by atoms with Crippen LogP contribution in [0.5, 0.6) is 0 Å². The minimum Gasteiger partial charge on any atom is -0.395 e. The van der Waals surface area contributed by atoms with E-state index in [1.54, 1.807) is 0 Å². The Morgan fingerprint density at radius 1 is 1.47 bits per heavy atom. The van der Waals surface area contributed by atoms with Crippen LogP contribution in [0.2, 0.25) is 0 Å². The van der Waals surface area contributed by atoms with Crippen molar-refractivity contribution in [3.8, 4) is 0 Å². The van der Waals surface area contributed by atoms with E-state index in [1.807, 2.05) is 11.3 Å². The van der Waals surface area contributed by atoms with Gasteiger partial charge in [0.25, 0.3) is 0 Å². The van der Waals surface area contributed by atoms with Gasteiger partial charge in [-0.3, -0.25) is 0 Å². The molecule has 2 atom stereocenters. The van der Waals surface area contributed by atoms with Crippen LogP contribution in [0.4, 0.5) is 0 Å². The summed E-state index contributed by atoms with van der Waals surface area (Å²) < 4.78 is 0. The zero-order chi connectivity index (χ0) is 11.3. The summed E-state index contributed by atoms with van der Waals surface area (Å²) in [6.07, 6.45) is 1.10. The predicted octanol–water partition coefficient (Wildman–Crippen LogP) is 2.55. The maximum Gasteiger partial charge on any atom is 0.0587 e. The van der Waals surface area contributed by atoms with Crippen molar-refractivity contribution in [3.63, 3.8) is 0 Å². The number of thiophene rings is 1. The SMILES string of the molecule is CCC(C)C(CO)NCc1ccc(C)s1. The standard InChI is InChI=1S/C12H21NOS/c1-4-9(2)12(8-14)13-7-11-6-5-10(3)15-11/h5-6,9,12-14H,4,7-8H2,1-3H3. The van der Waals surface area contributed by atoms with E-state index < -0.39 is 0 Å². The number of nitrogens with one attached hydrogen (secondary N) is 1. The molecule has 0 fully saturated rings. The van der Waals surface area contributed by atoms with Gasteiger partial charge < -0.3 is 10.4 Å². The first kappa shape index (κ1) is 12.7. The van der Waals surface area contributed by atoms with Gasteiger partial charge in [-0.1, -0.05) is 20.3 Å². The van der Waals surface area contributed by atoms with Crippen molar-refractivity contribution >= 4 is 11.3 Å². The lowest BCUT2D eigenvalue weighted by Crippen LogP contribution is -2.37. The van der Waals surface area contributed by atoms with Crippen LogP contribution in [0.3, 0.4) is 0 Å². The molecule has 0 radical (unpaired) electrons. The molecule has 2 nitrogen and oxygen atoms in total. The molecule has 0 aliphatic heterocycles. The molecule has 2 N–H and O–H groups in total. The van der Waals surface area contributed by atoms with Crippen LogP contribution in [0.25, 0.3) is 0 Å². The molecule has 0 saturated heterocycles. The van der Waals surface area contributed by atoms with Gasteiger partial charge >= 0.3 is 0 Å². The minimum atomic E-state index is 0.220. The molecule has 0 amide bonds. The maximum absolute atomic E-state index is 9.25. The quantitative estimate of drug-likeness (QED) is 0.783. The van der Waals surface area contributed by atoms with Gasteiger partial charge in [-0.15, -0.1) is 11.3 Å². The third kappa shape index (κ3) is 3.93. The lowest BCUT2D eigenvalue weighted by molar-refractivity contribution is 0.201. The first-order chi connectivity index (χ1) is 7.17. The molecule has 3 heteroatoms. The van der Waals surface area contributed by atoms with Gasteiger partial charge in [-0.25, -0.2) is 0 Å². The summed E-state index contributed by atoms with van der Waals surface area (Å²) in [6.45, 7) is 7.54. The zero-order valence-corrected chi connectivity index (χ0v) is 10.6. The van der Waals surface area contributed by atoms with E-state index in [1.165, 1.54) is 9.75 Å². The second-order valence-electron chi connectivity index (χ2n) is 4.07. The molecule has 0 aliphatic rings. The van der Waals surface area contributed by atoms with Crippen molar-refractivity contribution in [2.75, 3.05) is 6.61 Å². The van der Waals surface area contributed by atoms with E-state index in [9.17, 15) is 5.11 Å². The van der Waals surface area contributed by atoms with Crippen LogP contribution in [0.15, 0.2) is 12.1 Å². The lowest BCUT2D eigenvalue weighted by atomic mass is 10.00. The fraction of sp³-hybridized carbons (Fsp3) is 0.667. The zero-order valence-electron chi connectivity index (χ0n) is 9.79. The Hall–Kier alpha value is -0.380.